The predicted molar refractivity (Wildman–Crippen MR) is 45.0 cm³/mol. The molecular formula is C7H12N4. The zero-order chi connectivity index (χ0) is 8.43. The Morgan fingerprint density at radius 1 is 1.18 bits per heavy atom. The van der Waals surface area contributed by atoms with Crippen molar-refractivity contribution in [1.82, 2.24) is 9.97 Å². The van der Waals surface area contributed by atoms with Crippen LogP contribution in [0, 0.1) is 6.92 Å². The molecule has 0 amide bonds. The van der Waals surface area contributed by atoms with Crippen LogP contribution in [0.2, 0.25) is 0 Å². The molecule has 11 heavy (non-hydrogen) atoms. The van der Waals surface area contributed by atoms with E-state index in [1.54, 1.807) is 0 Å². The molecule has 0 spiro atoms. The lowest BCUT2D eigenvalue weighted by Gasteiger charge is -2.03. The number of aryl methyl sites for hydroxylation is 1. The smallest absolute Gasteiger partial charge is 0.132 e. The molecule has 0 aliphatic carbocycles. The molecular weight excluding hydrogens is 140 g/mol. The lowest BCUT2D eigenvalue weighted by molar-refractivity contribution is 0.942. The lowest BCUT2D eigenvalue weighted by atomic mass is 10.3. The highest BCUT2D eigenvalue weighted by Gasteiger charge is 2.02. The van der Waals surface area contributed by atoms with Crippen molar-refractivity contribution in [2.75, 3.05) is 11.5 Å². The van der Waals surface area contributed by atoms with E-state index in [2.05, 4.69) is 9.97 Å². The molecule has 4 N–H and O–H groups in total. The molecule has 0 radical (unpaired) electrons. The maximum absolute atomic E-state index is 5.57. The average Bonchev–Trinajstić information content (AvgIpc) is 1.99. The zero-order valence-electron chi connectivity index (χ0n) is 6.76. The van der Waals surface area contributed by atoms with E-state index >= 15 is 0 Å². The van der Waals surface area contributed by atoms with Gasteiger partial charge in [0.25, 0.3) is 0 Å². The van der Waals surface area contributed by atoms with Crippen LogP contribution in [0.25, 0.3) is 0 Å². The summed E-state index contributed by atoms with van der Waals surface area (Å²) in [6, 6.07) is 0. The number of nitrogens with zero attached hydrogens (tertiary/aromatic N) is 2. The minimum absolute atomic E-state index is 0.481. The summed E-state index contributed by atoms with van der Waals surface area (Å²) in [6.45, 7) is 3.77. The van der Waals surface area contributed by atoms with Crippen LogP contribution < -0.4 is 11.5 Å². The van der Waals surface area contributed by atoms with Gasteiger partial charge in [0.05, 0.1) is 0 Å². The predicted octanol–water partition coefficient (Wildman–Crippen LogP) is 0.512. The van der Waals surface area contributed by atoms with Gasteiger partial charge in [0.15, 0.2) is 0 Å². The van der Waals surface area contributed by atoms with E-state index in [9.17, 15) is 0 Å². The van der Waals surface area contributed by atoms with Crippen molar-refractivity contribution in [2.45, 2.75) is 20.3 Å². The van der Waals surface area contributed by atoms with E-state index < -0.39 is 0 Å². The third-order valence-electron chi connectivity index (χ3n) is 1.58. The molecule has 0 aliphatic heterocycles. The van der Waals surface area contributed by atoms with Crippen LogP contribution in [0.15, 0.2) is 0 Å². The fourth-order valence-electron chi connectivity index (χ4n) is 0.760. The normalized spacial score (nSPS) is 10.0. The Balaban J connectivity index is 3.21. The SMILES string of the molecule is CCc1nc(N)c(C)c(N)n1. The Morgan fingerprint density at radius 3 is 2.00 bits per heavy atom. The molecule has 1 aromatic rings. The fraction of sp³-hybridized carbons (Fsp3) is 0.429. The topological polar surface area (TPSA) is 77.8 Å². The summed E-state index contributed by atoms with van der Waals surface area (Å²) in [6.07, 6.45) is 0.759. The number of rotatable bonds is 1. The molecule has 1 rings (SSSR count). The average molecular weight is 152 g/mol. The van der Waals surface area contributed by atoms with Gasteiger partial charge in [-0.25, -0.2) is 9.97 Å². The van der Waals surface area contributed by atoms with Crippen LogP contribution in [0.5, 0.6) is 0 Å². The van der Waals surface area contributed by atoms with Crippen LogP contribution in [0.4, 0.5) is 11.6 Å². The first kappa shape index (κ1) is 7.78. The summed E-state index contributed by atoms with van der Waals surface area (Å²) in [7, 11) is 0. The van der Waals surface area contributed by atoms with Crippen molar-refractivity contribution in [2.24, 2.45) is 0 Å². The van der Waals surface area contributed by atoms with Gasteiger partial charge in [-0.1, -0.05) is 6.92 Å². The molecule has 0 atom stereocenters. The summed E-state index contributed by atoms with van der Waals surface area (Å²) in [5.41, 5.74) is 11.9. The molecule has 4 heteroatoms. The Morgan fingerprint density at radius 2 is 1.64 bits per heavy atom. The van der Waals surface area contributed by atoms with E-state index in [4.69, 9.17) is 11.5 Å². The highest BCUT2D eigenvalue weighted by atomic mass is 15.0. The standard InChI is InChI=1S/C7H12N4/c1-3-5-10-6(8)4(2)7(9)11-5/h3H2,1-2H3,(H4,8,9,10,11). The van der Waals surface area contributed by atoms with Gasteiger partial charge < -0.3 is 11.5 Å². The van der Waals surface area contributed by atoms with Gasteiger partial charge in [0, 0.05) is 12.0 Å². The van der Waals surface area contributed by atoms with Gasteiger partial charge in [0.2, 0.25) is 0 Å². The molecule has 0 unspecified atom stereocenters. The lowest BCUT2D eigenvalue weighted by Crippen LogP contribution is -2.05. The molecule has 0 aliphatic rings. The minimum Gasteiger partial charge on any atom is -0.383 e. The van der Waals surface area contributed by atoms with Crippen LogP contribution in [-0.4, -0.2) is 9.97 Å². The van der Waals surface area contributed by atoms with Crippen molar-refractivity contribution in [3.05, 3.63) is 11.4 Å². The Labute approximate surface area is 65.6 Å². The summed E-state index contributed by atoms with van der Waals surface area (Å²) in [5.74, 6) is 1.66. The molecule has 0 fully saturated rings. The second-order valence-electron chi connectivity index (χ2n) is 2.39. The van der Waals surface area contributed by atoms with E-state index in [1.165, 1.54) is 0 Å². The Bertz CT molecular complexity index is 246. The Hall–Kier alpha value is -1.32. The van der Waals surface area contributed by atoms with Crippen molar-refractivity contribution in [1.29, 1.82) is 0 Å². The fourth-order valence-corrected chi connectivity index (χ4v) is 0.760. The minimum atomic E-state index is 0.481. The summed E-state index contributed by atoms with van der Waals surface area (Å²) in [4.78, 5) is 8.08. The summed E-state index contributed by atoms with van der Waals surface area (Å²) < 4.78 is 0. The number of hydrogen-bond donors (Lipinski definition) is 2. The van der Waals surface area contributed by atoms with Gasteiger partial charge in [-0.05, 0) is 6.92 Å². The monoisotopic (exact) mass is 152 g/mol. The highest BCUT2D eigenvalue weighted by Crippen LogP contribution is 2.13. The van der Waals surface area contributed by atoms with Crippen LogP contribution >= 0.6 is 0 Å². The van der Waals surface area contributed by atoms with Crippen molar-refractivity contribution >= 4 is 11.6 Å². The van der Waals surface area contributed by atoms with Gasteiger partial charge in [0.1, 0.15) is 17.5 Å². The second-order valence-corrected chi connectivity index (χ2v) is 2.39. The molecule has 0 saturated carbocycles. The second kappa shape index (κ2) is 2.74. The zero-order valence-corrected chi connectivity index (χ0v) is 6.76. The maximum Gasteiger partial charge on any atom is 0.132 e. The van der Waals surface area contributed by atoms with Gasteiger partial charge >= 0.3 is 0 Å². The molecule has 0 bridgehead atoms. The van der Waals surface area contributed by atoms with Crippen LogP contribution in [0.3, 0.4) is 0 Å². The summed E-state index contributed by atoms with van der Waals surface area (Å²) in [5, 5.41) is 0. The van der Waals surface area contributed by atoms with Crippen molar-refractivity contribution in [3.8, 4) is 0 Å². The van der Waals surface area contributed by atoms with E-state index in [-0.39, 0.29) is 0 Å². The first-order valence-corrected chi connectivity index (χ1v) is 3.53. The largest absolute Gasteiger partial charge is 0.383 e. The van der Waals surface area contributed by atoms with E-state index in [0.29, 0.717) is 17.5 Å². The van der Waals surface area contributed by atoms with Crippen molar-refractivity contribution in [3.63, 3.8) is 0 Å². The maximum atomic E-state index is 5.57. The van der Waals surface area contributed by atoms with Crippen molar-refractivity contribution < 1.29 is 0 Å². The number of hydrogen-bond acceptors (Lipinski definition) is 4. The number of nitrogens with two attached hydrogens (primary N) is 2. The molecule has 1 aromatic heterocycles. The van der Waals surface area contributed by atoms with Gasteiger partial charge in [-0.15, -0.1) is 0 Å². The molecule has 0 aromatic carbocycles. The molecule has 1 heterocycles. The van der Waals surface area contributed by atoms with Crippen LogP contribution in [0.1, 0.15) is 18.3 Å². The Kier molecular flexibility index (Phi) is 1.94. The molecule has 60 valence electrons. The van der Waals surface area contributed by atoms with Gasteiger partial charge in [-0.2, -0.15) is 0 Å². The third kappa shape index (κ3) is 1.39. The third-order valence-corrected chi connectivity index (χ3v) is 1.58. The van der Waals surface area contributed by atoms with E-state index in [1.807, 2.05) is 13.8 Å². The van der Waals surface area contributed by atoms with Crippen LogP contribution in [-0.2, 0) is 6.42 Å². The van der Waals surface area contributed by atoms with E-state index in [0.717, 1.165) is 12.0 Å². The van der Waals surface area contributed by atoms with Gasteiger partial charge in [-0.3, -0.25) is 0 Å². The first-order chi connectivity index (χ1) is 5.15. The molecule has 0 saturated heterocycles. The molecule has 4 nitrogen and oxygen atoms in total. The number of anilines is 2. The summed E-state index contributed by atoms with van der Waals surface area (Å²) >= 11 is 0. The number of aromatic nitrogens is 2. The number of nitrogen functional groups attached to an aromatic ring is 2. The highest BCUT2D eigenvalue weighted by molar-refractivity contribution is 5.51. The quantitative estimate of drug-likeness (QED) is 0.614. The first-order valence-electron chi connectivity index (χ1n) is 3.53.